The number of amides is 4. The minimum atomic E-state index is -4.04. The van der Waals surface area contributed by atoms with E-state index in [0.717, 1.165) is 18.4 Å². The van der Waals surface area contributed by atoms with E-state index in [-0.39, 0.29) is 31.0 Å². The number of carbonyl (C=O) groups is 4. The molecule has 59 heavy (non-hydrogen) atoms. The van der Waals surface area contributed by atoms with Gasteiger partial charge in [0, 0.05) is 30.3 Å². The molecule has 2 aromatic carbocycles. The number of benzene rings is 2. The van der Waals surface area contributed by atoms with Crippen molar-refractivity contribution in [1.29, 1.82) is 0 Å². The van der Waals surface area contributed by atoms with Gasteiger partial charge < -0.3 is 20.3 Å². The second kappa shape index (κ2) is 15.1. The van der Waals surface area contributed by atoms with Crippen molar-refractivity contribution in [3.63, 3.8) is 0 Å². The summed E-state index contributed by atoms with van der Waals surface area (Å²) in [6.45, 7) is 9.13. The van der Waals surface area contributed by atoms with E-state index in [0.29, 0.717) is 41.9 Å². The van der Waals surface area contributed by atoms with Crippen molar-refractivity contribution in [2.75, 3.05) is 6.54 Å². The quantitative estimate of drug-likeness (QED) is 0.155. The van der Waals surface area contributed by atoms with Crippen LogP contribution in [-0.2, 0) is 24.4 Å². The Balaban J connectivity index is 1.10. The van der Waals surface area contributed by atoms with Gasteiger partial charge in [0.05, 0.1) is 28.4 Å². The van der Waals surface area contributed by atoms with Crippen LogP contribution in [0.15, 0.2) is 85.8 Å². The summed E-state index contributed by atoms with van der Waals surface area (Å²) in [6, 6.07) is 14.5. The molecule has 15 nitrogen and oxygen atoms in total. The van der Waals surface area contributed by atoms with Gasteiger partial charge in [-0.05, 0) is 49.1 Å². The van der Waals surface area contributed by atoms with E-state index >= 15 is 0 Å². The van der Waals surface area contributed by atoms with Gasteiger partial charge in [0.2, 0.25) is 27.7 Å². The molecule has 1 saturated heterocycles. The Labute approximate surface area is 342 Å². The number of nitrogens with one attached hydrogen (secondary N) is 3. The number of hydrogen-bond donors (Lipinski definition) is 3. The van der Waals surface area contributed by atoms with Crippen LogP contribution in [0.2, 0.25) is 0 Å². The summed E-state index contributed by atoms with van der Waals surface area (Å²) in [5.74, 6) is -2.21. The molecular weight excluding hydrogens is 773 g/mol. The van der Waals surface area contributed by atoms with Gasteiger partial charge in [0.1, 0.15) is 29.4 Å². The molecule has 1 aliphatic heterocycles. The lowest BCUT2D eigenvalue weighted by Gasteiger charge is -2.35. The highest BCUT2D eigenvalue weighted by molar-refractivity contribution is 7.91. The Kier molecular flexibility index (Phi) is 10.3. The molecule has 0 spiro atoms. The third-order valence-corrected chi connectivity index (χ3v) is 14.1. The molecule has 2 aromatic heterocycles. The van der Waals surface area contributed by atoms with E-state index in [2.05, 4.69) is 31.9 Å². The average Bonchev–Trinajstić information content (AvgIpc) is 4.17. The van der Waals surface area contributed by atoms with Crippen LogP contribution in [0, 0.1) is 17.3 Å². The molecule has 3 aliphatic carbocycles. The molecule has 3 N–H and O–H groups in total. The molecule has 16 heteroatoms. The van der Waals surface area contributed by atoms with Crippen molar-refractivity contribution in [2.24, 2.45) is 17.3 Å². The van der Waals surface area contributed by atoms with E-state index in [9.17, 15) is 27.6 Å². The normalized spacial score (nSPS) is 23.8. The minimum absolute atomic E-state index is 0.00792. The first-order chi connectivity index (χ1) is 28.1. The van der Waals surface area contributed by atoms with E-state index in [4.69, 9.17) is 14.7 Å². The van der Waals surface area contributed by atoms with Crippen LogP contribution in [0.5, 0.6) is 5.88 Å². The molecule has 4 aliphatic rings. The lowest BCUT2D eigenvalue weighted by atomic mass is 9.85. The zero-order valence-electron chi connectivity index (χ0n) is 33.3. The van der Waals surface area contributed by atoms with Crippen LogP contribution in [0.1, 0.15) is 76.2 Å². The van der Waals surface area contributed by atoms with E-state index in [1.165, 1.54) is 29.6 Å². The zero-order chi connectivity index (χ0) is 41.7. The molecule has 3 saturated carbocycles. The van der Waals surface area contributed by atoms with Gasteiger partial charge in [-0.3, -0.25) is 28.9 Å². The molecule has 3 heterocycles. The molecule has 4 fully saturated rings. The summed E-state index contributed by atoms with van der Waals surface area (Å²) in [5.41, 5.74) is -1.03. The number of aromatic nitrogens is 4. The standard InChI is InChI=1S/C43H48N8O7S/c1-5-28-23-43(28,40(55)50-59(56,57)42(17-18-42)22-26-15-16-26)49-37(53)33-21-29(25-51(33)39(54)34(41(2,3)4)47-36(52)32-24-44-19-20-45-32)58-38-30-13-9-10-14-31(30)46-35(48-38)27-11-7-6-8-12-27/h5-14,19-20,24,26,28-29,33-34H,1,15-18,21-23,25H2,2-4H3,(H,47,52)(H,49,53)(H,50,55)/t28-,29-,33+,34?,43-/m1/s1. The lowest BCUT2D eigenvalue weighted by Crippen LogP contribution is -2.60. The Morgan fingerprint density at radius 3 is 2.39 bits per heavy atom. The molecule has 4 aromatic rings. The summed E-state index contributed by atoms with van der Waals surface area (Å²) >= 11 is 0. The Bertz CT molecular complexity index is 2420. The molecule has 5 atom stereocenters. The number of likely N-dealkylation sites (tertiary alicyclic amines) is 1. The fourth-order valence-electron chi connectivity index (χ4n) is 8.05. The van der Waals surface area contributed by atoms with Crippen molar-refractivity contribution >= 4 is 44.6 Å². The minimum Gasteiger partial charge on any atom is -0.472 e. The smallest absolute Gasteiger partial charge is 0.272 e. The van der Waals surface area contributed by atoms with Crippen molar-refractivity contribution in [2.45, 2.75) is 94.2 Å². The largest absolute Gasteiger partial charge is 0.472 e. The van der Waals surface area contributed by atoms with E-state index < -0.39 is 73.5 Å². The van der Waals surface area contributed by atoms with Crippen LogP contribution in [-0.4, -0.2) is 91.9 Å². The third kappa shape index (κ3) is 8.01. The molecule has 1 unspecified atom stereocenters. The number of para-hydroxylation sites is 1. The first-order valence-corrected chi connectivity index (χ1v) is 21.5. The van der Waals surface area contributed by atoms with E-state index in [1.54, 1.807) is 20.8 Å². The second-order valence-corrected chi connectivity index (χ2v) is 19.4. The average molecular weight is 821 g/mol. The molecule has 308 valence electrons. The van der Waals surface area contributed by atoms with E-state index in [1.807, 2.05) is 54.6 Å². The highest BCUT2D eigenvalue weighted by Crippen LogP contribution is 2.53. The first kappa shape index (κ1) is 40.0. The summed E-state index contributed by atoms with van der Waals surface area (Å²) in [7, 11) is -4.04. The van der Waals surface area contributed by atoms with Gasteiger partial charge >= 0.3 is 0 Å². The van der Waals surface area contributed by atoms with Crippen molar-refractivity contribution in [3.05, 3.63) is 91.5 Å². The highest BCUT2D eigenvalue weighted by Gasteiger charge is 2.64. The maximum Gasteiger partial charge on any atom is 0.272 e. The Morgan fingerprint density at radius 2 is 1.75 bits per heavy atom. The number of sulfonamides is 1. The number of nitrogens with zero attached hydrogens (tertiary/aromatic N) is 5. The van der Waals surface area contributed by atoms with Crippen molar-refractivity contribution < 1.29 is 32.3 Å². The Morgan fingerprint density at radius 1 is 1.02 bits per heavy atom. The third-order valence-electron chi connectivity index (χ3n) is 11.9. The monoisotopic (exact) mass is 820 g/mol. The van der Waals surface area contributed by atoms with Crippen molar-refractivity contribution in [3.8, 4) is 17.3 Å². The predicted octanol–water partition coefficient (Wildman–Crippen LogP) is 4.12. The number of ether oxygens (including phenoxy) is 1. The summed E-state index contributed by atoms with van der Waals surface area (Å²) in [5, 5.41) is 6.30. The Hall–Kier alpha value is -5.77. The SMILES string of the molecule is C=C[C@@H]1C[C@]1(NC(=O)[C@@H]1C[C@@H](Oc2nc(-c3ccccc3)nc3ccccc23)CN1C(=O)C(NC(=O)c1cnccn1)C(C)(C)C)C(=O)NS(=O)(=O)C1(CC2CC2)CC1. The van der Waals surface area contributed by atoms with Gasteiger partial charge in [-0.25, -0.2) is 18.4 Å². The maximum absolute atomic E-state index is 14.8. The number of hydrogen-bond acceptors (Lipinski definition) is 11. The maximum atomic E-state index is 14.8. The van der Waals surface area contributed by atoms with Gasteiger partial charge in [-0.2, -0.15) is 4.98 Å². The van der Waals surface area contributed by atoms with Crippen LogP contribution < -0.4 is 20.1 Å². The molecule has 4 amide bonds. The van der Waals surface area contributed by atoms with Crippen LogP contribution in [0.3, 0.4) is 0 Å². The first-order valence-electron chi connectivity index (χ1n) is 20.0. The number of carbonyl (C=O) groups excluding carboxylic acids is 4. The van der Waals surface area contributed by atoms with Crippen LogP contribution >= 0.6 is 0 Å². The lowest BCUT2D eigenvalue weighted by molar-refractivity contribution is -0.142. The second-order valence-electron chi connectivity index (χ2n) is 17.4. The number of fused-ring (bicyclic) bond motifs is 1. The van der Waals surface area contributed by atoms with Gasteiger partial charge in [0.25, 0.3) is 11.8 Å². The van der Waals surface area contributed by atoms with Crippen molar-refractivity contribution in [1.82, 2.24) is 40.2 Å². The fraction of sp³-hybridized carbons (Fsp3) is 0.442. The van der Waals surface area contributed by atoms with Crippen LogP contribution in [0.25, 0.3) is 22.3 Å². The van der Waals surface area contributed by atoms with Gasteiger partial charge in [0.15, 0.2) is 5.82 Å². The highest BCUT2D eigenvalue weighted by atomic mass is 32.2. The zero-order valence-corrected chi connectivity index (χ0v) is 34.1. The summed E-state index contributed by atoms with van der Waals surface area (Å²) < 4.78 is 35.2. The van der Waals surface area contributed by atoms with Gasteiger partial charge in [-0.15, -0.1) is 6.58 Å². The summed E-state index contributed by atoms with van der Waals surface area (Å²) in [6.07, 6.45) is 8.39. The number of rotatable bonds is 14. The fourth-order valence-corrected chi connectivity index (χ4v) is 9.79. The summed E-state index contributed by atoms with van der Waals surface area (Å²) in [4.78, 5) is 75.8. The van der Waals surface area contributed by atoms with Gasteiger partial charge in [-0.1, -0.05) is 82.2 Å². The van der Waals surface area contributed by atoms with Crippen LogP contribution in [0.4, 0.5) is 0 Å². The molecule has 8 rings (SSSR count). The molecular formula is C43H48N8O7S. The molecule has 0 radical (unpaired) electrons. The predicted molar refractivity (Wildman–Crippen MR) is 218 cm³/mol. The topological polar surface area (TPSA) is 203 Å². The molecule has 0 bridgehead atoms.